The van der Waals surface area contributed by atoms with Gasteiger partial charge in [0.05, 0.1) is 12.1 Å². The van der Waals surface area contributed by atoms with Crippen molar-refractivity contribution < 1.29 is 23.2 Å². The van der Waals surface area contributed by atoms with E-state index in [4.69, 9.17) is 0 Å². The Morgan fingerprint density at radius 3 is 2.71 bits per heavy atom. The normalized spacial score (nSPS) is 16.5. The Hall–Kier alpha value is -3.36. The highest BCUT2D eigenvalue weighted by atomic mass is 19.1. The number of aromatic nitrogens is 1. The molecule has 0 radical (unpaired) electrons. The van der Waals surface area contributed by atoms with E-state index in [1.165, 1.54) is 13.1 Å². The van der Waals surface area contributed by atoms with Crippen LogP contribution in [0.2, 0.25) is 0 Å². The van der Waals surface area contributed by atoms with Crippen molar-refractivity contribution in [3.05, 3.63) is 65.0 Å². The predicted octanol–water partition coefficient (Wildman–Crippen LogP) is 0.894. The summed E-state index contributed by atoms with van der Waals surface area (Å²) in [6.45, 7) is 1.77. The molecule has 0 saturated heterocycles. The molecule has 3 amide bonds. The molecule has 3 rings (SSSR count). The summed E-state index contributed by atoms with van der Waals surface area (Å²) < 4.78 is 26.4. The smallest absolute Gasteiger partial charge is 0.249 e. The number of hydrogen-bond donors (Lipinski definition) is 3. The fourth-order valence-corrected chi connectivity index (χ4v) is 2.93. The second-order valence-corrected chi connectivity index (χ2v) is 6.45. The second kappa shape index (κ2) is 8.12. The van der Waals surface area contributed by atoms with Gasteiger partial charge in [-0.05, 0) is 36.2 Å². The Labute approximate surface area is 159 Å². The van der Waals surface area contributed by atoms with Crippen LogP contribution in [0, 0.1) is 11.6 Å². The lowest BCUT2D eigenvalue weighted by atomic mass is 10.0. The zero-order valence-corrected chi connectivity index (χ0v) is 15.0. The number of halogens is 2. The minimum atomic E-state index is -0.965. The van der Waals surface area contributed by atoms with Gasteiger partial charge >= 0.3 is 0 Å². The molecule has 146 valence electrons. The number of carbonyl (C=O) groups excluding carboxylic acids is 3. The standard InChI is InChI=1S/C19H18F2N4O3/c1-10(24-15(26)7-11-5-13(20)8-14(21)6-11)18(27)25-17-16-12(3-2-4-22-16)9-23-19(17)28/h2-6,8,10,17H,7,9H2,1H3,(H,23,28)(H,24,26)(H,25,27). The number of rotatable bonds is 5. The van der Waals surface area contributed by atoms with Crippen LogP contribution in [0.1, 0.15) is 29.8 Å². The fraction of sp³-hybridized carbons (Fsp3) is 0.263. The molecule has 7 nitrogen and oxygen atoms in total. The van der Waals surface area contributed by atoms with Crippen LogP contribution in [0.15, 0.2) is 36.5 Å². The van der Waals surface area contributed by atoms with Crippen molar-refractivity contribution in [1.82, 2.24) is 20.9 Å². The molecule has 3 N–H and O–H groups in total. The van der Waals surface area contributed by atoms with Crippen LogP contribution in [0.4, 0.5) is 8.78 Å². The number of nitrogens with one attached hydrogen (secondary N) is 3. The first-order valence-corrected chi connectivity index (χ1v) is 8.59. The van der Waals surface area contributed by atoms with Gasteiger partial charge in [0, 0.05) is 18.8 Å². The number of benzene rings is 1. The molecule has 2 heterocycles. The van der Waals surface area contributed by atoms with Gasteiger partial charge in [-0.1, -0.05) is 6.07 Å². The van der Waals surface area contributed by atoms with Crippen molar-refractivity contribution in [3.63, 3.8) is 0 Å². The Kier molecular flexibility index (Phi) is 5.62. The molecule has 1 aromatic heterocycles. The maximum Gasteiger partial charge on any atom is 0.249 e. The predicted molar refractivity (Wildman–Crippen MR) is 94.6 cm³/mol. The molecule has 2 aromatic rings. The topological polar surface area (TPSA) is 100 Å². The summed E-state index contributed by atoms with van der Waals surface area (Å²) in [4.78, 5) is 40.8. The first-order chi connectivity index (χ1) is 13.3. The SMILES string of the molecule is CC(NC(=O)Cc1cc(F)cc(F)c1)C(=O)NC1C(=O)NCc2cccnc21. The number of nitrogens with zero attached hydrogens (tertiary/aromatic N) is 1. The van der Waals surface area contributed by atoms with E-state index < -0.39 is 41.4 Å². The van der Waals surface area contributed by atoms with Gasteiger partial charge in [-0.2, -0.15) is 0 Å². The molecule has 0 fully saturated rings. The summed E-state index contributed by atoms with van der Waals surface area (Å²) in [5.41, 5.74) is 1.39. The molecule has 1 aliphatic rings. The number of amides is 3. The number of fused-ring (bicyclic) bond motifs is 1. The first-order valence-electron chi connectivity index (χ1n) is 8.59. The summed E-state index contributed by atoms with van der Waals surface area (Å²) in [7, 11) is 0. The average molecular weight is 388 g/mol. The molecule has 0 spiro atoms. The molecule has 1 aliphatic heterocycles. The van der Waals surface area contributed by atoms with Crippen LogP contribution in [0.25, 0.3) is 0 Å². The van der Waals surface area contributed by atoms with Gasteiger partial charge in [0.15, 0.2) is 6.04 Å². The van der Waals surface area contributed by atoms with Crippen molar-refractivity contribution in [2.24, 2.45) is 0 Å². The number of pyridine rings is 1. The third-order valence-electron chi connectivity index (χ3n) is 4.26. The van der Waals surface area contributed by atoms with Crippen molar-refractivity contribution in [2.45, 2.75) is 32.0 Å². The largest absolute Gasteiger partial charge is 0.350 e. The zero-order chi connectivity index (χ0) is 20.3. The Bertz CT molecular complexity index is 915. The second-order valence-electron chi connectivity index (χ2n) is 6.45. The minimum Gasteiger partial charge on any atom is -0.350 e. The zero-order valence-electron chi connectivity index (χ0n) is 15.0. The first kappa shape index (κ1) is 19.4. The summed E-state index contributed by atoms with van der Waals surface area (Å²) in [6.07, 6.45) is 1.24. The van der Waals surface area contributed by atoms with Gasteiger partial charge in [-0.25, -0.2) is 8.78 Å². The Morgan fingerprint density at radius 2 is 2.00 bits per heavy atom. The van der Waals surface area contributed by atoms with Gasteiger partial charge in [-0.15, -0.1) is 0 Å². The lowest BCUT2D eigenvalue weighted by Gasteiger charge is -2.26. The van der Waals surface area contributed by atoms with E-state index in [0.29, 0.717) is 18.3 Å². The van der Waals surface area contributed by atoms with Gasteiger partial charge in [-0.3, -0.25) is 19.4 Å². The molecular weight excluding hydrogens is 370 g/mol. The average Bonchev–Trinajstić information content (AvgIpc) is 2.63. The molecule has 0 aliphatic carbocycles. The minimum absolute atomic E-state index is 0.146. The summed E-state index contributed by atoms with van der Waals surface area (Å²) in [5.74, 6) is -3.14. The molecule has 1 aromatic carbocycles. The number of carbonyl (C=O) groups is 3. The molecule has 28 heavy (non-hydrogen) atoms. The van der Waals surface area contributed by atoms with Crippen LogP contribution in [-0.2, 0) is 27.3 Å². The van der Waals surface area contributed by atoms with Gasteiger partial charge < -0.3 is 16.0 Å². The van der Waals surface area contributed by atoms with Gasteiger partial charge in [0.1, 0.15) is 17.7 Å². The third-order valence-corrected chi connectivity index (χ3v) is 4.26. The fourth-order valence-electron chi connectivity index (χ4n) is 2.93. The molecule has 0 saturated carbocycles. The van der Waals surface area contributed by atoms with Crippen LogP contribution < -0.4 is 16.0 Å². The van der Waals surface area contributed by atoms with Crippen molar-refractivity contribution in [2.75, 3.05) is 0 Å². The Morgan fingerprint density at radius 1 is 1.29 bits per heavy atom. The maximum atomic E-state index is 13.2. The quantitative estimate of drug-likeness (QED) is 0.708. The van der Waals surface area contributed by atoms with Crippen molar-refractivity contribution >= 4 is 17.7 Å². The van der Waals surface area contributed by atoms with E-state index in [-0.39, 0.29) is 12.0 Å². The highest BCUT2D eigenvalue weighted by Gasteiger charge is 2.31. The molecular formula is C19H18F2N4O3. The van der Waals surface area contributed by atoms with E-state index in [9.17, 15) is 23.2 Å². The summed E-state index contributed by atoms with van der Waals surface area (Å²) >= 11 is 0. The summed E-state index contributed by atoms with van der Waals surface area (Å²) in [5, 5.41) is 7.68. The monoisotopic (exact) mass is 388 g/mol. The highest BCUT2D eigenvalue weighted by molar-refractivity contribution is 5.93. The van der Waals surface area contributed by atoms with Crippen LogP contribution in [0.5, 0.6) is 0 Å². The van der Waals surface area contributed by atoms with E-state index in [0.717, 1.165) is 17.7 Å². The maximum absolute atomic E-state index is 13.2. The van der Waals surface area contributed by atoms with Gasteiger partial charge in [0.2, 0.25) is 17.7 Å². The molecule has 2 unspecified atom stereocenters. The molecule has 9 heteroatoms. The van der Waals surface area contributed by atoms with Crippen LogP contribution in [0.3, 0.4) is 0 Å². The molecule has 2 atom stereocenters. The van der Waals surface area contributed by atoms with Gasteiger partial charge in [0.25, 0.3) is 0 Å². The van der Waals surface area contributed by atoms with E-state index in [1.807, 2.05) is 0 Å². The van der Waals surface area contributed by atoms with E-state index in [2.05, 4.69) is 20.9 Å². The highest BCUT2D eigenvalue weighted by Crippen LogP contribution is 2.20. The third kappa shape index (κ3) is 4.48. The lowest BCUT2D eigenvalue weighted by molar-refractivity contribution is -0.132. The van der Waals surface area contributed by atoms with Crippen molar-refractivity contribution in [1.29, 1.82) is 0 Å². The lowest BCUT2D eigenvalue weighted by Crippen LogP contribution is -2.50. The summed E-state index contributed by atoms with van der Waals surface area (Å²) in [6, 6.07) is 4.39. The van der Waals surface area contributed by atoms with Crippen molar-refractivity contribution in [3.8, 4) is 0 Å². The van der Waals surface area contributed by atoms with E-state index in [1.54, 1.807) is 12.1 Å². The number of hydrogen-bond acceptors (Lipinski definition) is 4. The van der Waals surface area contributed by atoms with Crippen LogP contribution >= 0.6 is 0 Å². The Balaban J connectivity index is 1.61. The van der Waals surface area contributed by atoms with E-state index >= 15 is 0 Å². The molecule has 0 bridgehead atoms. The van der Waals surface area contributed by atoms with Crippen LogP contribution in [-0.4, -0.2) is 28.7 Å².